The zero-order valence-electron chi connectivity index (χ0n) is 10.6. The minimum atomic E-state index is 0.346. The molecule has 0 amide bonds. The molecule has 1 aromatic carbocycles. The molecule has 1 aliphatic heterocycles. The largest absolute Gasteiger partial charge is 0.427 e. The number of hydrogen-bond acceptors (Lipinski definition) is 3. The van der Waals surface area contributed by atoms with Crippen LogP contribution in [0.2, 0.25) is 0 Å². The fourth-order valence-corrected chi connectivity index (χ4v) is 2.60. The van der Waals surface area contributed by atoms with Crippen LogP contribution in [0.5, 0.6) is 5.75 Å². The summed E-state index contributed by atoms with van der Waals surface area (Å²) in [5.41, 5.74) is 3.65. The van der Waals surface area contributed by atoms with E-state index >= 15 is 0 Å². The van der Waals surface area contributed by atoms with Crippen molar-refractivity contribution in [1.82, 2.24) is 4.90 Å². The number of nitrogens with zero attached hydrogens (tertiary/aromatic N) is 2. The third kappa shape index (κ3) is 2.10. The van der Waals surface area contributed by atoms with E-state index in [1.165, 1.54) is 16.9 Å². The third-order valence-corrected chi connectivity index (χ3v) is 3.94. The first-order chi connectivity index (χ1) is 8.06. The van der Waals surface area contributed by atoms with E-state index in [9.17, 15) is 0 Å². The summed E-state index contributed by atoms with van der Waals surface area (Å²) in [5.74, 6) is 0.927. The molecule has 1 aromatic rings. The zero-order chi connectivity index (χ0) is 12.6. The van der Waals surface area contributed by atoms with Crippen molar-refractivity contribution in [2.45, 2.75) is 26.9 Å². The van der Waals surface area contributed by atoms with E-state index in [1.807, 2.05) is 35.1 Å². The highest BCUT2D eigenvalue weighted by molar-refractivity contribution is 14.1. The lowest BCUT2D eigenvalue weighted by Crippen LogP contribution is -2.34. The summed E-state index contributed by atoms with van der Waals surface area (Å²) < 4.78 is 5.34. The highest BCUT2D eigenvalue weighted by Gasteiger charge is 2.25. The molecule has 1 aliphatic rings. The average Bonchev–Trinajstić information content (AvgIpc) is 2.57. The van der Waals surface area contributed by atoms with E-state index in [-0.39, 0.29) is 0 Å². The van der Waals surface area contributed by atoms with E-state index in [1.54, 1.807) is 0 Å². The van der Waals surface area contributed by atoms with Gasteiger partial charge in [-0.05, 0) is 32.9 Å². The summed E-state index contributed by atoms with van der Waals surface area (Å²) >= 11 is 1.93. The zero-order valence-corrected chi connectivity index (χ0v) is 12.7. The van der Waals surface area contributed by atoms with Crippen LogP contribution in [0.15, 0.2) is 30.1 Å². The summed E-state index contributed by atoms with van der Waals surface area (Å²) in [6.45, 7) is 6.42. The molecule has 3 nitrogen and oxygen atoms in total. The molecule has 0 saturated carbocycles. The highest BCUT2D eigenvalue weighted by Crippen LogP contribution is 2.34. The topological polar surface area (TPSA) is 15.7 Å². The fourth-order valence-electron chi connectivity index (χ4n) is 2.12. The molecule has 1 atom stereocenters. The van der Waals surface area contributed by atoms with Crippen molar-refractivity contribution in [1.29, 1.82) is 0 Å². The number of benzene rings is 1. The minimum Gasteiger partial charge on any atom is -0.427 e. The Morgan fingerprint density at radius 2 is 2.00 bits per heavy atom. The highest BCUT2D eigenvalue weighted by atomic mass is 127. The van der Waals surface area contributed by atoms with Gasteiger partial charge in [-0.1, -0.05) is 6.07 Å². The number of anilines is 1. The average molecular weight is 344 g/mol. The molecule has 0 saturated heterocycles. The quantitative estimate of drug-likeness (QED) is 0.762. The van der Waals surface area contributed by atoms with Gasteiger partial charge in [-0.15, -0.1) is 0 Å². The van der Waals surface area contributed by atoms with Gasteiger partial charge in [0.1, 0.15) is 11.9 Å². The second kappa shape index (κ2) is 4.76. The lowest BCUT2D eigenvalue weighted by atomic mass is 10.1. The van der Waals surface area contributed by atoms with E-state index in [4.69, 9.17) is 3.07 Å². The minimum absolute atomic E-state index is 0.346. The molecular formula is C13H17IN2O. The normalized spacial score (nSPS) is 19.6. The van der Waals surface area contributed by atoms with Crippen molar-refractivity contribution >= 4 is 28.7 Å². The van der Waals surface area contributed by atoms with Crippen molar-refractivity contribution in [3.05, 3.63) is 35.7 Å². The number of rotatable bonds is 2. The Balaban J connectivity index is 2.42. The number of allylic oxidation sites excluding steroid dienone is 1. The van der Waals surface area contributed by atoms with Crippen LogP contribution in [-0.2, 0) is 0 Å². The molecule has 92 valence electrons. The van der Waals surface area contributed by atoms with Crippen molar-refractivity contribution < 1.29 is 3.07 Å². The van der Waals surface area contributed by atoms with Gasteiger partial charge in [0, 0.05) is 30.2 Å². The van der Waals surface area contributed by atoms with Gasteiger partial charge in [0.05, 0.1) is 0 Å². The summed E-state index contributed by atoms with van der Waals surface area (Å²) in [4.78, 5) is 4.54. The molecule has 0 aliphatic carbocycles. The van der Waals surface area contributed by atoms with Crippen molar-refractivity contribution in [3.63, 3.8) is 0 Å². The van der Waals surface area contributed by atoms with Crippen molar-refractivity contribution in [2.75, 3.05) is 11.9 Å². The molecule has 0 fully saturated rings. The van der Waals surface area contributed by atoms with E-state index in [0.29, 0.717) is 6.17 Å². The summed E-state index contributed by atoms with van der Waals surface area (Å²) in [6.07, 6.45) is 2.53. The molecule has 0 spiro atoms. The van der Waals surface area contributed by atoms with Crippen LogP contribution in [0.1, 0.15) is 19.4 Å². The number of hydrogen-bond donors (Lipinski definition) is 0. The third-order valence-electron chi connectivity index (χ3n) is 3.46. The van der Waals surface area contributed by atoms with Gasteiger partial charge in [-0.2, -0.15) is 0 Å². The maximum absolute atomic E-state index is 5.34. The van der Waals surface area contributed by atoms with Crippen LogP contribution in [0.4, 0.5) is 5.69 Å². The Labute approximate surface area is 117 Å². The Morgan fingerprint density at radius 3 is 2.53 bits per heavy atom. The van der Waals surface area contributed by atoms with Crippen LogP contribution in [0.25, 0.3) is 0 Å². The van der Waals surface area contributed by atoms with Gasteiger partial charge in [-0.25, -0.2) is 0 Å². The van der Waals surface area contributed by atoms with E-state index in [0.717, 1.165) is 5.75 Å². The van der Waals surface area contributed by atoms with Crippen LogP contribution < -0.4 is 7.97 Å². The Bertz CT molecular complexity index is 459. The maximum Gasteiger partial charge on any atom is 0.192 e. The molecule has 1 heterocycles. The standard InChI is InChI=1S/C13H17IN2O/c1-9-8-16(11(3)15(9)4)12-6-5-7-13(17-14)10(12)2/h5-8,11H,1-4H3. The predicted molar refractivity (Wildman–Crippen MR) is 79.3 cm³/mol. The lowest BCUT2D eigenvalue weighted by molar-refractivity contribution is 0.357. The molecule has 0 aromatic heterocycles. The van der Waals surface area contributed by atoms with E-state index < -0.39 is 0 Å². The van der Waals surface area contributed by atoms with Crippen LogP contribution in [0.3, 0.4) is 0 Å². The molecule has 0 bridgehead atoms. The van der Waals surface area contributed by atoms with Gasteiger partial charge in [0.2, 0.25) is 0 Å². The maximum atomic E-state index is 5.34. The second-order valence-electron chi connectivity index (χ2n) is 4.40. The monoisotopic (exact) mass is 344 g/mol. The molecule has 0 N–H and O–H groups in total. The lowest BCUT2D eigenvalue weighted by Gasteiger charge is -2.29. The fraction of sp³-hybridized carbons (Fsp3) is 0.385. The molecule has 1 unspecified atom stereocenters. The Morgan fingerprint density at radius 1 is 1.29 bits per heavy atom. The van der Waals surface area contributed by atoms with Crippen molar-refractivity contribution in [2.24, 2.45) is 0 Å². The van der Waals surface area contributed by atoms with Crippen LogP contribution in [-0.4, -0.2) is 18.1 Å². The molecule has 4 heteroatoms. The summed E-state index contributed by atoms with van der Waals surface area (Å²) in [5, 5.41) is 0. The smallest absolute Gasteiger partial charge is 0.192 e. The van der Waals surface area contributed by atoms with Crippen LogP contribution in [0, 0.1) is 6.92 Å². The molecule has 2 rings (SSSR count). The molecule has 17 heavy (non-hydrogen) atoms. The number of halogens is 1. The van der Waals surface area contributed by atoms with Gasteiger partial charge in [0.25, 0.3) is 0 Å². The first-order valence-electron chi connectivity index (χ1n) is 5.64. The van der Waals surface area contributed by atoms with Gasteiger partial charge in [-0.3, -0.25) is 0 Å². The van der Waals surface area contributed by atoms with Crippen molar-refractivity contribution in [3.8, 4) is 5.75 Å². The van der Waals surface area contributed by atoms with Crippen LogP contribution >= 0.6 is 23.0 Å². The van der Waals surface area contributed by atoms with Gasteiger partial charge >= 0.3 is 0 Å². The summed E-state index contributed by atoms with van der Waals surface area (Å²) in [6, 6.07) is 6.16. The molecule has 0 radical (unpaired) electrons. The Hall–Kier alpha value is -0.910. The van der Waals surface area contributed by atoms with Gasteiger partial charge < -0.3 is 12.9 Å². The second-order valence-corrected chi connectivity index (χ2v) is 4.84. The first-order valence-corrected chi connectivity index (χ1v) is 6.52. The predicted octanol–water partition coefficient (Wildman–Crippen LogP) is 3.68. The first kappa shape index (κ1) is 12.5. The van der Waals surface area contributed by atoms with E-state index in [2.05, 4.69) is 49.9 Å². The summed E-state index contributed by atoms with van der Waals surface area (Å²) in [7, 11) is 2.12. The Kier molecular flexibility index (Phi) is 3.51. The SMILES string of the molecule is CC1=CN(c2cccc(OI)c2C)C(C)N1C. The van der Waals surface area contributed by atoms with Gasteiger partial charge in [0.15, 0.2) is 23.0 Å². The molecular weight excluding hydrogens is 327 g/mol.